The Labute approximate surface area is 368 Å². The lowest BCUT2D eigenvalue weighted by atomic mass is 9.79. The van der Waals surface area contributed by atoms with E-state index in [0.717, 1.165) is 0 Å². The molecule has 0 aromatic carbocycles. The van der Waals surface area contributed by atoms with Crippen molar-refractivity contribution in [1.82, 2.24) is 50.2 Å². The van der Waals surface area contributed by atoms with E-state index in [2.05, 4.69) is 32.1 Å². The molecule has 350 valence electrons. The molecule has 6 rings (SSSR count). The van der Waals surface area contributed by atoms with Crippen LogP contribution in [0.4, 0.5) is 35.7 Å². The van der Waals surface area contributed by atoms with Crippen molar-refractivity contribution in [2.45, 2.75) is 231 Å². The summed E-state index contributed by atoms with van der Waals surface area (Å²) < 4.78 is 0. The van der Waals surface area contributed by atoms with E-state index in [0.29, 0.717) is 75.2 Å². The summed E-state index contributed by atoms with van der Waals surface area (Å²) >= 11 is 0. The van der Waals surface area contributed by atoms with Crippen molar-refractivity contribution in [1.29, 1.82) is 0 Å². The second kappa shape index (κ2) is 16.2. The molecule has 6 heterocycles. The molecule has 20 nitrogen and oxygen atoms in total. The fourth-order valence-corrected chi connectivity index (χ4v) is 11.5. The topological polar surface area (TPSA) is 243 Å². The first kappa shape index (κ1) is 48.0. The maximum absolute atomic E-state index is 11.0. The maximum atomic E-state index is 11.0. The number of hydrogen-bond donors (Lipinski definition) is 10. The SMILES string of the molecule is CC1(C)CC(Nc2nc(NNc3nc(NC4CC(C)(C)N(O)C(C)(C)C4)nc(NC4CC(C)(C)N(O)C(C)(C)C4)n3)nc(NC3CC(C)(C)N(O)C(C)(C)C3)n2)CC(C)(C)N1O. The number of anilines is 6. The molecule has 20 heteroatoms. The van der Waals surface area contributed by atoms with Gasteiger partial charge in [0.1, 0.15) is 0 Å². The number of hydroxylamine groups is 8. The largest absolute Gasteiger partial charge is 0.351 e. The normalized spacial score (nSPS) is 26.7. The summed E-state index contributed by atoms with van der Waals surface area (Å²) in [4.78, 5) is 28.9. The van der Waals surface area contributed by atoms with E-state index in [1.54, 1.807) is 0 Å². The third-order valence-electron chi connectivity index (χ3n) is 13.4. The lowest BCUT2D eigenvalue weighted by Crippen LogP contribution is -2.61. The average molecular weight is 871 g/mol. The molecule has 0 atom stereocenters. The Bertz CT molecular complexity index is 1590. The summed E-state index contributed by atoms with van der Waals surface area (Å²) in [7, 11) is 0. The smallest absolute Gasteiger partial charge is 0.248 e. The van der Waals surface area contributed by atoms with Crippen LogP contribution >= 0.6 is 0 Å². The lowest BCUT2D eigenvalue weighted by molar-refractivity contribution is -0.243. The van der Waals surface area contributed by atoms with Gasteiger partial charge in [0.15, 0.2) is 0 Å². The van der Waals surface area contributed by atoms with Crippen LogP contribution in [0.5, 0.6) is 0 Å². The molecule has 0 aliphatic carbocycles. The molecule has 4 aliphatic rings. The summed E-state index contributed by atoms with van der Waals surface area (Å²) in [6.45, 7) is 32.3. The minimum absolute atomic E-state index is 0.0546. The van der Waals surface area contributed by atoms with Crippen LogP contribution in [-0.2, 0) is 0 Å². The number of hydrogen-bond acceptors (Lipinski definition) is 20. The van der Waals surface area contributed by atoms with Gasteiger partial charge in [-0.2, -0.15) is 50.2 Å². The van der Waals surface area contributed by atoms with Crippen LogP contribution in [0, 0.1) is 0 Å². The van der Waals surface area contributed by atoms with Crippen LogP contribution in [0.1, 0.15) is 162 Å². The summed E-state index contributed by atoms with van der Waals surface area (Å²) in [5, 5.41) is 64.0. The summed E-state index contributed by atoms with van der Waals surface area (Å²) in [5.41, 5.74) is 2.31. The molecule has 0 bridgehead atoms. The van der Waals surface area contributed by atoms with Gasteiger partial charge in [0.05, 0.1) is 0 Å². The van der Waals surface area contributed by atoms with Gasteiger partial charge >= 0.3 is 0 Å². The number of hydrazine groups is 1. The monoisotopic (exact) mass is 871 g/mol. The third-order valence-corrected chi connectivity index (χ3v) is 13.4. The lowest BCUT2D eigenvalue weighted by Gasteiger charge is -2.51. The van der Waals surface area contributed by atoms with E-state index < -0.39 is 44.3 Å². The second-order valence-electron chi connectivity index (χ2n) is 23.6. The molecule has 4 fully saturated rings. The van der Waals surface area contributed by atoms with E-state index in [1.807, 2.05) is 111 Å². The van der Waals surface area contributed by atoms with Crippen molar-refractivity contribution >= 4 is 35.7 Å². The minimum atomic E-state index is -0.497. The zero-order valence-electron chi connectivity index (χ0n) is 40.2. The van der Waals surface area contributed by atoms with Crippen molar-refractivity contribution < 1.29 is 20.8 Å². The number of piperidine rings is 4. The van der Waals surface area contributed by atoms with Gasteiger partial charge in [-0.1, -0.05) is 0 Å². The Kier molecular flexibility index (Phi) is 12.5. The molecule has 2 aromatic heterocycles. The Balaban J connectivity index is 1.31. The molecule has 2 aromatic rings. The summed E-state index contributed by atoms with van der Waals surface area (Å²) in [6.07, 6.45) is 5.17. The van der Waals surface area contributed by atoms with Gasteiger partial charge < -0.3 is 42.1 Å². The van der Waals surface area contributed by atoms with E-state index >= 15 is 0 Å². The number of nitrogens with one attached hydrogen (secondary N) is 6. The first-order valence-corrected chi connectivity index (χ1v) is 22.3. The van der Waals surface area contributed by atoms with E-state index in [-0.39, 0.29) is 36.1 Å². The quantitative estimate of drug-likeness (QED) is 0.105. The molecule has 0 spiro atoms. The zero-order valence-corrected chi connectivity index (χ0v) is 40.2. The molecule has 0 radical (unpaired) electrons. The number of aromatic nitrogens is 6. The predicted octanol–water partition coefficient (Wildman–Crippen LogP) is 6.79. The summed E-state index contributed by atoms with van der Waals surface area (Å²) in [5.74, 6) is 1.85. The van der Waals surface area contributed by atoms with Crippen molar-refractivity contribution in [3.63, 3.8) is 0 Å². The van der Waals surface area contributed by atoms with Crippen LogP contribution in [0.2, 0.25) is 0 Å². The van der Waals surface area contributed by atoms with Gasteiger partial charge in [0, 0.05) is 68.5 Å². The highest BCUT2D eigenvalue weighted by Crippen LogP contribution is 2.41. The van der Waals surface area contributed by atoms with Gasteiger partial charge in [0.25, 0.3) is 0 Å². The van der Waals surface area contributed by atoms with Crippen LogP contribution in [0.3, 0.4) is 0 Å². The van der Waals surface area contributed by atoms with E-state index in [4.69, 9.17) is 29.9 Å². The van der Waals surface area contributed by atoms with Crippen LogP contribution in [0.15, 0.2) is 0 Å². The Morgan fingerprint density at radius 3 is 0.613 bits per heavy atom. The molecular weight excluding hydrogens is 793 g/mol. The Hall–Kier alpha value is -3.50. The van der Waals surface area contributed by atoms with E-state index in [9.17, 15) is 20.8 Å². The average Bonchev–Trinajstić information content (AvgIpc) is 3.09. The van der Waals surface area contributed by atoms with Gasteiger partial charge in [-0.15, -0.1) is 0 Å². The number of rotatable bonds is 11. The third kappa shape index (κ3) is 10.4. The molecule has 0 saturated carbocycles. The van der Waals surface area contributed by atoms with Gasteiger partial charge in [-0.05, 0) is 162 Å². The molecule has 62 heavy (non-hydrogen) atoms. The van der Waals surface area contributed by atoms with Crippen LogP contribution < -0.4 is 32.1 Å². The molecular formula is C42H78N16O4. The van der Waals surface area contributed by atoms with Crippen molar-refractivity contribution in [3.8, 4) is 0 Å². The van der Waals surface area contributed by atoms with Crippen molar-refractivity contribution in [3.05, 3.63) is 0 Å². The van der Waals surface area contributed by atoms with Crippen LogP contribution in [-0.4, -0.2) is 139 Å². The fraction of sp³-hybridized carbons (Fsp3) is 0.857. The van der Waals surface area contributed by atoms with Gasteiger partial charge in [-0.25, -0.2) is 0 Å². The first-order chi connectivity index (χ1) is 28.2. The standard InChI is InChI=1S/C42H78N16O4/c1-35(2)17-25(18-36(3,4)55(35)59)43-29-47-30(44-26-19-37(5,6)56(60)38(7,8)20-26)50-33(49-29)53-54-34-51-31(45-27-21-39(9,10)57(61)40(11,12)22-27)48-32(52-34)46-28-23-41(13,14)58(62)42(15,16)24-28/h25-28,59-62H,17-24H2,1-16H3,(H3,43,44,47,49,50,53)(H3,45,46,48,51,52,54). The van der Waals surface area contributed by atoms with Gasteiger partial charge in [0.2, 0.25) is 35.7 Å². The maximum Gasteiger partial charge on any atom is 0.248 e. The molecule has 4 saturated heterocycles. The molecule has 0 amide bonds. The molecule has 4 aliphatic heterocycles. The van der Waals surface area contributed by atoms with Crippen molar-refractivity contribution in [2.24, 2.45) is 0 Å². The van der Waals surface area contributed by atoms with E-state index in [1.165, 1.54) is 20.3 Å². The summed E-state index contributed by atoms with van der Waals surface area (Å²) in [6, 6.07) is -0.218. The molecule has 0 unspecified atom stereocenters. The fourth-order valence-electron chi connectivity index (χ4n) is 11.5. The van der Waals surface area contributed by atoms with Crippen molar-refractivity contribution in [2.75, 3.05) is 32.1 Å². The van der Waals surface area contributed by atoms with Gasteiger partial charge in [-0.3, -0.25) is 10.9 Å². The Morgan fingerprint density at radius 2 is 0.452 bits per heavy atom. The van der Waals surface area contributed by atoms with Crippen LogP contribution in [0.25, 0.3) is 0 Å². The highest BCUT2D eigenvalue weighted by molar-refractivity contribution is 5.49. The Morgan fingerprint density at radius 1 is 0.306 bits per heavy atom. The molecule has 10 N–H and O–H groups in total. The first-order valence-electron chi connectivity index (χ1n) is 22.3. The highest BCUT2D eigenvalue weighted by atomic mass is 16.5. The minimum Gasteiger partial charge on any atom is -0.351 e. The highest BCUT2D eigenvalue weighted by Gasteiger charge is 2.49. The zero-order chi connectivity index (χ0) is 46.2. The second-order valence-corrected chi connectivity index (χ2v) is 23.6. The number of nitrogens with zero attached hydrogens (tertiary/aromatic N) is 10. The predicted molar refractivity (Wildman–Crippen MR) is 241 cm³/mol.